The molecule has 3 aliphatic carbocycles. The lowest BCUT2D eigenvalue weighted by Gasteiger charge is -2.47. The number of carbonyl (C=O) groups is 1. The van der Waals surface area contributed by atoms with Crippen LogP contribution < -0.4 is 5.32 Å². The number of nitrogens with zero attached hydrogens (tertiary/aromatic N) is 1. The molecule has 0 spiro atoms. The fourth-order valence-corrected chi connectivity index (χ4v) is 4.25. The highest BCUT2D eigenvalue weighted by Crippen LogP contribution is 2.47. The SMILES string of the molecule is [C-]#[N+]c1cc(F)c(N[C@@H]2C3CCC(CC3)[C@H]2C(=O)OC)cc1Cl. The second-order valence-electron chi connectivity index (χ2n) is 6.29. The predicted octanol–water partition coefficient (Wildman–Crippen LogP) is 4.42. The van der Waals surface area contributed by atoms with E-state index in [1.54, 1.807) is 0 Å². The summed E-state index contributed by atoms with van der Waals surface area (Å²) in [6, 6.07) is 2.41. The predicted molar refractivity (Wildman–Crippen MR) is 86.0 cm³/mol. The van der Waals surface area contributed by atoms with Crippen LogP contribution in [-0.4, -0.2) is 19.1 Å². The Kier molecular flexibility index (Phi) is 4.45. The Hall–Kier alpha value is -1.80. The number of ether oxygens (including phenoxy) is 1. The summed E-state index contributed by atoms with van der Waals surface area (Å²) in [6.45, 7) is 6.98. The fraction of sp³-hybridized carbons (Fsp3) is 0.529. The van der Waals surface area contributed by atoms with Crippen LogP contribution in [0.15, 0.2) is 12.1 Å². The second-order valence-corrected chi connectivity index (χ2v) is 6.70. The van der Waals surface area contributed by atoms with Crippen molar-refractivity contribution in [1.82, 2.24) is 0 Å². The molecule has 1 N–H and O–H groups in total. The van der Waals surface area contributed by atoms with Crippen LogP contribution in [0.4, 0.5) is 15.8 Å². The molecule has 0 saturated heterocycles. The van der Waals surface area contributed by atoms with Crippen molar-refractivity contribution in [2.24, 2.45) is 17.8 Å². The van der Waals surface area contributed by atoms with Crippen LogP contribution in [0.2, 0.25) is 5.02 Å². The van der Waals surface area contributed by atoms with E-state index in [9.17, 15) is 9.18 Å². The van der Waals surface area contributed by atoms with Crippen molar-refractivity contribution in [1.29, 1.82) is 0 Å². The number of halogens is 2. The highest BCUT2D eigenvalue weighted by atomic mass is 35.5. The molecule has 3 aliphatic rings. The summed E-state index contributed by atoms with van der Waals surface area (Å²) in [5.41, 5.74) is 0.332. The Morgan fingerprint density at radius 3 is 2.61 bits per heavy atom. The Labute approximate surface area is 139 Å². The van der Waals surface area contributed by atoms with Crippen LogP contribution in [-0.2, 0) is 9.53 Å². The molecule has 0 aliphatic heterocycles. The minimum atomic E-state index is -0.523. The maximum absolute atomic E-state index is 14.2. The first kappa shape index (κ1) is 16.1. The van der Waals surface area contributed by atoms with Crippen molar-refractivity contribution in [3.63, 3.8) is 0 Å². The molecule has 2 atom stereocenters. The van der Waals surface area contributed by atoms with Gasteiger partial charge in [0.15, 0.2) is 0 Å². The molecule has 1 aromatic rings. The lowest BCUT2D eigenvalue weighted by Crippen LogP contribution is -2.51. The van der Waals surface area contributed by atoms with Gasteiger partial charge in [-0.25, -0.2) is 9.24 Å². The number of carbonyl (C=O) groups excluding carboxylic acids is 1. The number of fused-ring (bicyclic) bond motifs is 3. The molecule has 1 aromatic carbocycles. The van der Waals surface area contributed by atoms with Crippen molar-refractivity contribution in [3.05, 3.63) is 34.4 Å². The standard InChI is InChI=1S/C17H18ClFN2O2/c1-20-13-8-12(19)14(7-11(13)18)21-16-10-5-3-9(4-6-10)15(16)17(22)23-2/h7-10,15-16,21H,3-6H2,2H3/t9?,10?,15-,16-/m1/s1. The summed E-state index contributed by atoms with van der Waals surface area (Å²) in [5, 5.41) is 3.38. The Morgan fingerprint density at radius 2 is 2.00 bits per heavy atom. The molecule has 4 nitrogen and oxygen atoms in total. The largest absolute Gasteiger partial charge is 0.469 e. The number of benzene rings is 1. The van der Waals surface area contributed by atoms with E-state index < -0.39 is 5.82 Å². The van der Waals surface area contributed by atoms with E-state index in [1.165, 1.54) is 13.2 Å². The molecule has 122 valence electrons. The molecule has 3 fully saturated rings. The van der Waals surface area contributed by atoms with Gasteiger partial charge >= 0.3 is 5.97 Å². The Bertz CT molecular complexity index is 665. The van der Waals surface area contributed by atoms with Crippen LogP contribution in [0.1, 0.15) is 25.7 Å². The zero-order valence-electron chi connectivity index (χ0n) is 12.8. The first-order valence-electron chi connectivity index (χ1n) is 7.76. The smallest absolute Gasteiger partial charge is 0.311 e. The molecule has 3 saturated carbocycles. The highest BCUT2D eigenvalue weighted by Gasteiger charge is 2.47. The number of methoxy groups -OCH3 is 1. The lowest BCUT2D eigenvalue weighted by molar-refractivity contribution is -0.152. The van der Waals surface area contributed by atoms with Gasteiger partial charge in [0, 0.05) is 11.1 Å². The summed E-state index contributed by atoms with van der Waals surface area (Å²) in [4.78, 5) is 15.4. The van der Waals surface area contributed by atoms with Crippen LogP contribution in [0.25, 0.3) is 4.85 Å². The van der Waals surface area contributed by atoms with E-state index in [0.29, 0.717) is 5.92 Å². The van der Waals surface area contributed by atoms with Crippen molar-refractivity contribution in [2.75, 3.05) is 12.4 Å². The first-order chi connectivity index (χ1) is 11.0. The molecular weight excluding hydrogens is 319 g/mol. The van der Waals surface area contributed by atoms with Crippen LogP contribution >= 0.6 is 11.6 Å². The minimum Gasteiger partial charge on any atom is -0.469 e. The number of rotatable bonds is 3. The van der Waals surface area contributed by atoms with Gasteiger partial charge in [0.1, 0.15) is 5.82 Å². The van der Waals surface area contributed by atoms with Crippen molar-refractivity contribution < 1.29 is 13.9 Å². The van der Waals surface area contributed by atoms with Gasteiger partial charge in [-0.15, -0.1) is 0 Å². The van der Waals surface area contributed by atoms with Crippen LogP contribution in [0.3, 0.4) is 0 Å². The maximum Gasteiger partial charge on any atom is 0.311 e. The molecule has 0 heterocycles. The van der Waals surface area contributed by atoms with E-state index >= 15 is 0 Å². The van der Waals surface area contributed by atoms with Gasteiger partial charge in [-0.05, 0) is 49.7 Å². The third-order valence-corrected chi connectivity index (χ3v) is 5.47. The minimum absolute atomic E-state index is 0.0874. The van der Waals surface area contributed by atoms with Gasteiger partial charge in [-0.3, -0.25) is 4.79 Å². The topological polar surface area (TPSA) is 42.7 Å². The van der Waals surface area contributed by atoms with Gasteiger partial charge in [0.25, 0.3) is 0 Å². The number of hydrogen-bond donors (Lipinski definition) is 1. The average molecular weight is 337 g/mol. The monoisotopic (exact) mass is 336 g/mol. The van der Waals surface area contributed by atoms with Crippen LogP contribution in [0.5, 0.6) is 0 Å². The molecular formula is C17H18ClFN2O2. The second kappa shape index (κ2) is 6.37. The molecule has 4 rings (SSSR count). The zero-order valence-corrected chi connectivity index (χ0v) is 13.6. The third kappa shape index (κ3) is 2.88. The van der Waals surface area contributed by atoms with Gasteiger partial charge in [0.2, 0.25) is 5.69 Å². The van der Waals surface area contributed by atoms with Crippen molar-refractivity contribution in [2.45, 2.75) is 31.7 Å². The average Bonchev–Trinajstić information content (AvgIpc) is 2.58. The molecule has 6 heteroatoms. The highest BCUT2D eigenvalue weighted by molar-refractivity contribution is 6.33. The van der Waals surface area contributed by atoms with Gasteiger partial charge in [0.05, 0.1) is 25.3 Å². The number of hydrogen-bond acceptors (Lipinski definition) is 3. The molecule has 23 heavy (non-hydrogen) atoms. The lowest BCUT2D eigenvalue weighted by atomic mass is 9.61. The molecule has 0 amide bonds. The summed E-state index contributed by atoms with van der Waals surface area (Å²) >= 11 is 6.01. The fourth-order valence-electron chi connectivity index (χ4n) is 4.04. The quantitative estimate of drug-likeness (QED) is 0.656. The maximum atomic E-state index is 14.2. The van der Waals surface area contributed by atoms with Crippen molar-refractivity contribution >= 4 is 28.9 Å². The normalized spacial score (nSPS) is 29.0. The van der Waals surface area contributed by atoms with E-state index in [-0.39, 0.29) is 40.2 Å². The number of esters is 1. The van der Waals surface area contributed by atoms with E-state index in [0.717, 1.165) is 31.7 Å². The van der Waals surface area contributed by atoms with Gasteiger partial charge < -0.3 is 10.1 Å². The molecule has 0 aromatic heterocycles. The molecule has 2 bridgehead atoms. The molecule has 0 radical (unpaired) electrons. The van der Waals surface area contributed by atoms with Gasteiger partial charge in [-0.2, -0.15) is 0 Å². The van der Waals surface area contributed by atoms with Gasteiger partial charge in [-0.1, -0.05) is 11.6 Å². The summed E-state index contributed by atoms with van der Waals surface area (Å²) in [5.74, 6) is -0.410. The number of nitrogens with one attached hydrogen (secondary N) is 1. The summed E-state index contributed by atoms with van der Waals surface area (Å²) in [6.07, 6.45) is 4.10. The molecule has 0 unspecified atom stereocenters. The first-order valence-corrected chi connectivity index (χ1v) is 8.13. The van der Waals surface area contributed by atoms with E-state index in [2.05, 4.69) is 10.2 Å². The Balaban J connectivity index is 1.90. The zero-order chi connectivity index (χ0) is 16.6. The summed E-state index contributed by atoms with van der Waals surface area (Å²) < 4.78 is 19.2. The van der Waals surface area contributed by atoms with E-state index in [4.69, 9.17) is 22.9 Å². The third-order valence-electron chi connectivity index (χ3n) is 5.17. The van der Waals surface area contributed by atoms with Crippen molar-refractivity contribution in [3.8, 4) is 0 Å². The Morgan fingerprint density at radius 1 is 1.35 bits per heavy atom. The van der Waals surface area contributed by atoms with E-state index in [1.807, 2.05) is 0 Å². The summed E-state index contributed by atoms with van der Waals surface area (Å²) in [7, 11) is 1.39. The number of anilines is 1. The van der Waals surface area contributed by atoms with Crippen LogP contribution in [0, 0.1) is 30.1 Å².